The molecule has 0 aromatic heterocycles. The number of aliphatic hydroxyl groups is 4. The Hall–Kier alpha value is -0.500. The molecule has 0 aromatic rings. The first kappa shape index (κ1) is 30.0. The molecule has 1 saturated heterocycles. The van der Waals surface area contributed by atoms with Crippen LogP contribution in [0.4, 0.5) is 0 Å². The molecule has 0 aromatic carbocycles. The third-order valence-electron chi connectivity index (χ3n) is 12.9. The minimum Gasteiger partial charge on any atom is -0.393 e. The maximum atomic E-state index is 10.4. The normalized spacial score (nSPS) is 49.4. The first-order valence-electron chi connectivity index (χ1n) is 16.3. The fourth-order valence-corrected chi connectivity index (χ4v) is 10.5. The summed E-state index contributed by atoms with van der Waals surface area (Å²) >= 11 is 0. The van der Waals surface area contributed by atoms with E-state index in [0.717, 1.165) is 49.4 Å². The SMILES string of the molecule is CC(CCC[C@@H](C)[C@H]1CC[C@H]2[C@@H]3CC=C4C[C@@H](O)CC[C@]4(C)[C@H]3CC[C@]12C)CC1O[C@H](CN)[C@@H](O)[C@H](O)[C@@H]1O. The zero-order valence-electron chi connectivity index (χ0n) is 25.0. The van der Waals surface area contributed by atoms with Gasteiger partial charge in [-0.25, -0.2) is 0 Å². The number of hydrogen-bond acceptors (Lipinski definition) is 6. The van der Waals surface area contributed by atoms with E-state index in [1.165, 1.54) is 44.9 Å². The Kier molecular flexibility index (Phi) is 8.95. The Labute approximate surface area is 236 Å². The summed E-state index contributed by atoms with van der Waals surface area (Å²) in [5.41, 5.74) is 8.05. The zero-order valence-corrected chi connectivity index (χ0v) is 25.0. The minimum absolute atomic E-state index is 0.128. The Morgan fingerprint density at radius 2 is 1.67 bits per heavy atom. The lowest BCUT2D eigenvalue weighted by Crippen LogP contribution is -2.59. The molecule has 5 aliphatic rings. The highest BCUT2D eigenvalue weighted by atomic mass is 16.5. The van der Waals surface area contributed by atoms with Gasteiger partial charge in [-0.3, -0.25) is 0 Å². The lowest BCUT2D eigenvalue weighted by atomic mass is 9.47. The standard InChI is InChI=1S/C33H57NO5/c1-19(16-27-29(36)31(38)30(37)28(18-34)39-27)6-5-7-20(2)24-10-11-25-23-9-8-21-17-22(35)12-14-32(21,3)26(23)13-15-33(24,25)4/h8,19-20,22-31,35-38H,5-7,9-18,34H2,1-4H3/t19?,20-,22+,23+,24-,25+,26+,27?,28-,29-,30-,31-,32+,33-/m1/s1. The number of ether oxygens (including phenoxy) is 1. The molecular formula is C33H57NO5. The smallest absolute Gasteiger partial charge is 0.111 e. The number of nitrogens with two attached hydrogens (primary N) is 1. The quantitative estimate of drug-likeness (QED) is 0.284. The predicted molar refractivity (Wildman–Crippen MR) is 154 cm³/mol. The first-order valence-corrected chi connectivity index (χ1v) is 16.3. The fraction of sp³-hybridized carbons (Fsp3) is 0.939. The highest BCUT2D eigenvalue weighted by molar-refractivity contribution is 5.25. The second kappa shape index (κ2) is 11.6. The van der Waals surface area contributed by atoms with E-state index in [4.69, 9.17) is 10.5 Å². The lowest BCUT2D eigenvalue weighted by Gasteiger charge is -2.58. The Bertz CT molecular complexity index is 878. The van der Waals surface area contributed by atoms with Crippen LogP contribution >= 0.6 is 0 Å². The molecule has 1 heterocycles. The van der Waals surface area contributed by atoms with Gasteiger partial charge in [-0.15, -0.1) is 0 Å². The molecule has 14 atom stereocenters. The van der Waals surface area contributed by atoms with Crippen molar-refractivity contribution in [2.45, 2.75) is 141 Å². The van der Waals surface area contributed by atoms with Crippen LogP contribution in [0.25, 0.3) is 0 Å². The zero-order chi connectivity index (χ0) is 28.1. The predicted octanol–water partition coefficient (Wildman–Crippen LogP) is 4.57. The van der Waals surface area contributed by atoms with Crippen molar-refractivity contribution in [3.05, 3.63) is 11.6 Å². The summed E-state index contributed by atoms with van der Waals surface area (Å²) in [6.45, 7) is 9.99. The van der Waals surface area contributed by atoms with E-state index in [0.29, 0.717) is 29.1 Å². The lowest BCUT2D eigenvalue weighted by molar-refractivity contribution is -0.222. The van der Waals surface area contributed by atoms with Crippen LogP contribution in [0.15, 0.2) is 11.6 Å². The molecule has 6 heteroatoms. The van der Waals surface area contributed by atoms with E-state index in [1.54, 1.807) is 5.57 Å². The summed E-state index contributed by atoms with van der Waals surface area (Å²) in [5.74, 6) is 4.35. The van der Waals surface area contributed by atoms with Gasteiger partial charge in [-0.1, -0.05) is 58.6 Å². The molecule has 0 spiro atoms. The molecule has 0 radical (unpaired) electrons. The second-order valence-electron chi connectivity index (χ2n) is 15.1. The average molecular weight is 548 g/mol. The summed E-state index contributed by atoms with van der Waals surface area (Å²) in [6.07, 6.45) is 11.8. The van der Waals surface area contributed by atoms with Gasteiger partial charge in [0, 0.05) is 6.54 Å². The Balaban J connectivity index is 1.14. The molecule has 0 bridgehead atoms. The van der Waals surface area contributed by atoms with Gasteiger partial charge in [-0.2, -0.15) is 0 Å². The van der Waals surface area contributed by atoms with Crippen LogP contribution in [0.5, 0.6) is 0 Å². The molecule has 5 rings (SSSR count). The average Bonchev–Trinajstić information content (AvgIpc) is 3.26. The molecule has 0 amide bonds. The maximum absolute atomic E-state index is 10.4. The van der Waals surface area contributed by atoms with Crippen LogP contribution in [0.1, 0.15) is 105 Å². The van der Waals surface area contributed by atoms with Crippen LogP contribution in [-0.4, -0.2) is 63.6 Å². The van der Waals surface area contributed by atoms with Crippen LogP contribution < -0.4 is 5.73 Å². The molecule has 4 fully saturated rings. The topological polar surface area (TPSA) is 116 Å². The molecule has 224 valence electrons. The van der Waals surface area contributed by atoms with Crippen molar-refractivity contribution in [1.82, 2.24) is 0 Å². The first-order chi connectivity index (χ1) is 18.5. The molecule has 39 heavy (non-hydrogen) atoms. The van der Waals surface area contributed by atoms with Crippen molar-refractivity contribution < 1.29 is 25.2 Å². The second-order valence-corrected chi connectivity index (χ2v) is 15.1. The van der Waals surface area contributed by atoms with E-state index >= 15 is 0 Å². The van der Waals surface area contributed by atoms with E-state index in [1.807, 2.05) is 0 Å². The van der Waals surface area contributed by atoms with Crippen LogP contribution in [0, 0.1) is 46.3 Å². The van der Waals surface area contributed by atoms with E-state index in [-0.39, 0.29) is 12.6 Å². The van der Waals surface area contributed by atoms with Gasteiger partial charge in [0.15, 0.2) is 0 Å². The summed E-state index contributed by atoms with van der Waals surface area (Å²) in [4.78, 5) is 0. The van der Waals surface area contributed by atoms with Crippen molar-refractivity contribution in [2.24, 2.45) is 52.1 Å². The third-order valence-corrected chi connectivity index (χ3v) is 12.9. The van der Waals surface area contributed by atoms with Crippen molar-refractivity contribution in [1.29, 1.82) is 0 Å². The van der Waals surface area contributed by atoms with Crippen molar-refractivity contribution >= 4 is 0 Å². The van der Waals surface area contributed by atoms with Gasteiger partial charge >= 0.3 is 0 Å². The number of hydrogen-bond donors (Lipinski definition) is 5. The maximum Gasteiger partial charge on any atom is 0.111 e. The van der Waals surface area contributed by atoms with Gasteiger partial charge in [-0.05, 0) is 104 Å². The van der Waals surface area contributed by atoms with Crippen molar-refractivity contribution in [2.75, 3.05) is 6.54 Å². The van der Waals surface area contributed by atoms with Gasteiger partial charge in [0.2, 0.25) is 0 Å². The van der Waals surface area contributed by atoms with Gasteiger partial charge in [0.05, 0.1) is 18.3 Å². The molecule has 1 aliphatic heterocycles. The molecular weight excluding hydrogens is 490 g/mol. The van der Waals surface area contributed by atoms with E-state index in [9.17, 15) is 20.4 Å². The third kappa shape index (κ3) is 5.41. The number of aliphatic hydroxyl groups excluding tert-OH is 4. The van der Waals surface area contributed by atoms with Crippen LogP contribution in [-0.2, 0) is 4.74 Å². The Morgan fingerprint density at radius 3 is 2.41 bits per heavy atom. The fourth-order valence-electron chi connectivity index (χ4n) is 10.5. The summed E-state index contributed by atoms with van der Waals surface area (Å²) in [5, 5.41) is 41.1. The minimum atomic E-state index is -1.20. The van der Waals surface area contributed by atoms with Crippen LogP contribution in [0.2, 0.25) is 0 Å². The number of allylic oxidation sites excluding steroid dienone is 1. The highest BCUT2D eigenvalue weighted by Crippen LogP contribution is 2.67. The molecule has 4 aliphatic carbocycles. The highest BCUT2D eigenvalue weighted by Gasteiger charge is 2.59. The van der Waals surface area contributed by atoms with E-state index < -0.39 is 30.5 Å². The summed E-state index contributed by atoms with van der Waals surface area (Å²) in [7, 11) is 0. The number of fused-ring (bicyclic) bond motifs is 5. The van der Waals surface area contributed by atoms with Gasteiger partial charge in [0.1, 0.15) is 18.3 Å². The van der Waals surface area contributed by atoms with Crippen molar-refractivity contribution in [3.63, 3.8) is 0 Å². The van der Waals surface area contributed by atoms with Crippen molar-refractivity contribution in [3.8, 4) is 0 Å². The van der Waals surface area contributed by atoms with E-state index in [2.05, 4.69) is 33.8 Å². The van der Waals surface area contributed by atoms with Gasteiger partial charge < -0.3 is 30.9 Å². The molecule has 3 saturated carbocycles. The molecule has 6 nitrogen and oxygen atoms in total. The molecule has 2 unspecified atom stereocenters. The molecule has 6 N–H and O–H groups in total. The monoisotopic (exact) mass is 547 g/mol. The van der Waals surface area contributed by atoms with Crippen LogP contribution in [0.3, 0.4) is 0 Å². The summed E-state index contributed by atoms with van der Waals surface area (Å²) in [6, 6.07) is 0. The Morgan fingerprint density at radius 1 is 0.923 bits per heavy atom. The summed E-state index contributed by atoms with van der Waals surface area (Å²) < 4.78 is 5.87. The largest absolute Gasteiger partial charge is 0.393 e. The number of rotatable bonds is 8. The van der Waals surface area contributed by atoms with Gasteiger partial charge in [0.25, 0.3) is 0 Å².